The maximum absolute atomic E-state index is 13.9. The number of hydrogen-bond acceptors (Lipinski definition) is 4. The Balaban J connectivity index is 3.30. The second-order valence-corrected chi connectivity index (χ2v) is 3.90. The van der Waals surface area contributed by atoms with Gasteiger partial charge in [-0.2, -0.15) is 9.65 Å². The molecule has 0 saturated heterocycles. The SMILES string of the molecule is CCCN(CC#N)C(=O)c1c(F)ccc([N+](=O)[O-])c1F. The van der Waals surface area contributed by atoms with Crippen LogP contribution in [0.1, 0.15) is 23.7 Å². The molecule has 20 heavy (non-hydrogen) atoms. The maximum atomic E-state index is 13.9. The Morgan fingerprint density at radius 3 is 2.65 bits per heavy atom. The van der Waals surface area contributed by atoms with Crippen LogP contribution < -0.4 is 0 Å². The van der Waals surface area contributed by atoms with Crippen molar-refractivity contribution in [3.8, 4) is 6.07 Å². The zero-order valence-corrected chi connectivity index (χ0v) is 10.6. The second-order valence-electron chi connectivity index (χ2n) is 3.90. The number of nitro groups is 1. The van der Waals surface area contributed by atoms with Crippen LogP contribution in [0.4, 0.5) is 14.5 Å². The highest BCUT2D eigenvalue weighted by molar-refractivity contribution is 5.95. The van der Waals surface area contributed by atoms with E-state index in [9.17, 15) is 23.7 Å². The lowest BCUT2D eigenvalue weighted by atomic mass is 10.1. The molecule has 1 rings (SSSR count). The van der Waals surface area contributed by atoms with Crippen molar-refractivity contribution in [2.45, 2.75) is 13.3 Å². The van der Waals surface area contributed by atoms with Crippen molar-refractivity contribution in [3.63, 3.8) is 0 Å². The molecule has 0 radical (unpaired) electrons. The monoisotopic (exact) mass is 283 g/mol. The van der Waals surface area contributed by atoms with Crippen LogP contribution in [-0.2, 0) is 0 Å². The molecule has 6 nitrogen and oxygen atoms in total. The van der Waals surface area contributed by atoms with E-state index in [1.165, 1.54) is 0 Å². The van der Waals surface area contributed by atoms with Gasteiger partial charge in [-0.05, 0) is 12.5 Å². The van der Waals surface area contributed by atoms with E-state index in [1.807, 2.05) is 0 Å². The van der Waals surface area contributed by atoms with Gasteiger partial charge in [0.05, 0.1) is 11.0 Å². The van der Waals surface area contributed by atoms with Gasteiger partial charge in [0, 0.05) is 12.6 Å². The lowest BCUT2D eigenvalue weighted by Gasteiger charge is -2.19. The maximum Gasteiger partial charge on any atom is 0.305 e. The minimum absolute atomic E-state index is 0.119. The second kappa shape index (κ2) is 6.56. The molecule has 1 aromatic carbocycles. The summed E-state index contributed by atoms with van der Waals surface area (Å²) in [5, 5.41) is 19.2. The van der Waals surface area contributed by atoms with E-state index in [-0.39, 0.29) is 13.1 Å². The number of hydrogen-bond donors (Lipinski definition) is 0. The van der Waals surface area contributed by atoms with Gasteiger partial charge in [0.15, 0.2) is 0 Å². The Kier molecular flexibility index (Phi) is 5.08. The first kappa shape index (κ1) is 15.5. The molecule has 1 amide bonds. The van der Waals surface area contributed by atoms with Gasteiger partial charge >= 0.3 is 5.69 Å². The summed E-state index contributed by atoms with van der Waals surface area (Å²) in [6.45, 7) is 1.49. The molecule has 8 heteroatoms. The van der Waals surface area contributed by atoms with Crippen molar-refractivity contribution < 1.29 is 18.5 Å². The van der Waals surface area contributed by atoms with Gasteiger partial charge < -0.3 is 4.90 Å². The topological polar surface area (TPSA) is 87.2 Å². The fourth-order valence-corrected chi connectivity index (χ4v) is 1.64. The molecular weight excluding hydrogens is 272 g/mol. The van der Waals surface area contributed by atoms with Crippen LogP contribution in [0.25, 0.3) is 0 Å². The van der Waals surface area contributed by atoms with Crippen LogP contribution in [-0.4, -0.2) is 28.8 Å². The fraction of sp³-hybridized carbons (Fsp3) is 0.333. The van der Waals surface area contributed by atoms with Crippen LogP contribution in [0.15, 0.2) is 12.1 Å². The molecule has 1 aromatic rings. The van der Waals surface area contributed by atoms with E-state index in [0.29, 0.717) is 18.6 Å². The van der Waals surface area contributed by atoms with E-state index in [0.717, 1.165) is 4.90 Å². The number of carbonyl (C=O) groups is 1. The Morgan fingerprint density at radius 2 is 2.15 bits per heavy atom. The average molecular weight is 283 g/mol. The molecule has 0 saturated carbocycles. The molecule has 0 aromatic heterocycles. The zero-order valence-electron chi connectivity index (χ0n) is 10.6. The van der Waals surface area contributed by atoms with E-state index in [4.69, 9.17) is 5.26 Å². The summed E-state index contributed by atoms with van der Waals surface area (Å²) in [6.07, 6.45) is 0.478. The van der Waals surface area contributed by atoms with Crippen LogP contribution in [0, 0.1) is 33.1 Å². The number of benzene rings is 1. The van der Waals surface area contributed by atoms with Crippen LogP contribution >= 0.6 is 0 Å². The molecule has 0 bridgehead atoms. The summed E-state index contributed by atoms with van der Waals surface area (Å²) in [7, 11) is 0. The molecule has 0 aliphatic rings. The first-order valence-electron chi connectivity index (χ1n) is 5.72. The molecule has 106 valence electrons. The third-order valence-corrected chi connectivity index (χ3v) is 2.52. The quantitative estimate of drug-likeness (QED) is 0.471. The first-order valence-corrected chi connectivity index (χ1v) is 5.72. The molecule has 0 aliphatic heterocycles. The smallest absolute Gasteiger partial charge is 0.305 e. The number of nitrogens with zero attached hydrogens (tertiary/aromatic N) is 3. The van der Waals surface area contributed by atoms with Crippen molar-refractivity contribution in [2.24, 2.45) is 0 Å². The molecule has 0 fully saturated rings. The summed E-state index contributed by atoms with van der Waals surface area (Å²) in [6, 6.07) is 3.01. The number of nitriles is 1. The van der Waals surface area contributed by atoms with Crippen molar-refractivity contribution in [1.29, 1.82) is 5.26 Å². The molecule has 0 atom stereocenters. The largest absolute Gasteiger partial charge is 0.325 e. The third kappa shape index (κ3) is 3.06. The lowest BCUT2D eigenvalue weighted by Crippen LogP contribution is -2.33. The normalized spacial score (nSPS) is 9.90. The number of nitro benzene ring substituents is 1. The number of carbonyl (C=O) groups excluding carboxylic acids is 1. The summed E-state index contributed by atoms with van der Waals surface area (Å²) in [5.74, 6) is -3.80. The highest BCUT2D eigenvalue weighted by Gasteiger charge is 2.28. The zero-order chi connectivity index (χ0) is 15.3. The van der Waals surface area contributed by atoms with E-state index in [2.05, 4.69) is 0 Å². The molecular formula is C12H11F2N3O3. The Bertz CT molecular complexity index is 584. The molecule has 0 aliphatic carbocycles. The predicted molar refractivity (Wildman–Crippen MR) is 64.8 cm³/mol. The van der Waals surface area contributed by atoms with Gasteiger partial charge in [-0.25, -0.2) is 4.39 Å². The van der Waals surface area contributed by atoms with Crippen LogP contribution in [0.3, 0.4) is 0 Å². The Hall–Kier alpha value is -2.56. The minimum Gasteiger partial charge on any atom is -0.325 e. The van der Waals surface area contributed by atoms with Gasteiger partial charge in [0.1, 0.15) is 17.9 Å². The van der Waals surface area contributed by atoms with E-state index >= 15 is 0 Å². The van der Waals surface area contributed by atoms with E-state index in [1.54, 1.807) is 13.0 Å². The van der Waals surface area contributed by atoms with Gasteiger partial charge in [-0.15, -0.1) is 0 Å². The molecule has 0 unspecified atom stereocenters. The Labute approximate surface area is 113 Å². The minimum atomic E-state index is -1.53. The molecule has 0 N–H and O–H groups in total. The van der Waals surface area contributed by atoms with Crippen molar-refractivity contribution in [1.82, 2.24) is 4.90 Å². The van der Waals surface area contributed by atoms with Crippen LogP contribution in [0.2, 0.25) is 0 Å². The summed E-state index contributed by atoms with van der Waals surface area (Å²) < 4.78 is 27.5. The van der Waals surface area contributed by atoms with E-state index < -0.39 is 33.7 Å². The highest BCUT2D eigenvalue weighted by Crippen LogP contribution is 2.24. The number of amides is 1. The van der Waals surface area contributed by atoms with Crippen molar-refractivity contribution in [2.75, 3.05) is 13.1 Å². The summed E-state index contributed by atoms with van der Waals surface area (Å²) in [5.41, 5.74) is -1.99. The highest BCUT2D eigenvalue weighted by atomic mass is 19.1. The average Bonchev–Trinajstić information content (AvgIpc) is 2.37. The fourth-order valence-electron chi connectivity index (χ4n) is 1.64. The predicted octanol–water partition coefficient (Wildman–Crippen LogP) is 2.25. The third-order valence-electron chi connectivity index (χ3n) is 2.52. The van der Waals surface area contributed by atoms with Crippen molar-refractivity contribution in [3.05, 3.63) is 39.4 Å². The van der Waals surface area contributed by atoms with Crippen molar-refractivity contribution >= 4 is 11.6 Å². The number of halogens is 2. The molecule has 0 heterocycles. The van der Waals surface area contributed by atoms with Gasteiger partial charge in [-0.1, -0.05) is 6.92 Å². The van der Waals surface area contributed by atoms with Gasteiger partial charge in [-0.3, -0.25) is 14.9 Å². The van der Waals surface area contributed by atoms with Gasteiger partial charge in [0.2, 0.25) is 5.82 Å². The lowest BCUT2D eigenvalue weighted by molar-refractivity contribution is -0.387. The number of rotatable bonds is 5. The summed E-state index contributed by atoms with van der Waals surface area (Å²) >= 11 is 0. The van der Waals surface area contributed by atoms with Crippen LogP contribution in [0.5, 0.6) is 0 Å². The Morgan fingerprint density at radius 1 is 1.50 bits per heavy atom. The summed E-state index contributed by atoms with van der Waals surface area (Å²) in [4.78, 5) is 22.5. The van der Waals surface area contributed by atoms with Gasteiger partial charge in [0.25, 0.3) is 5.91 Å². The first-order chi connectivity index (χ1) is 9.43. The molecule has 0 spiro atoms. The standard InChI is InChI=1S/C12H11F2N3O3/c1-2-6-16(7-5-15)12(18)10-8(13)3-4-9(11(10)14)17(19)20/h3-4H,2,6-7H2,1H3.